The minimum atomic E-state index is -0.924. The number of hydrogen-bond acceptors (Lipinski definition) is 2. The van der Waals surface area contributed by atoms with E-state index in [1.165, 1.54) is 12.1 Å². The fraction of sp³-hybridized carbons (Fsp3) is 0.462. The van der Waals surface area contributed by atoms with Crippen molar-refractivity contribution < 1.29 is 14.3 Å². The van der Waals surface area contributed by atoms with Gasteiger partial charge in [0.15, 0.2) is 0 Å². The Morgan fingerprint density at radius 1 is 1.41 bits per heavy atom. The number of halogens is 1. The Balaban J connectivity index is 2.74. The number of aliphatic carboxylic acids is 1. The number of rotatable bonds is 6. The molecule has 0 saturated carbocycles. The molecule has 0 spiro atoms. The predicted molar refractivity (Wildman–Crippen MR) is 64.2 cm³/mol. The van der Waals surface area contributed by atoms with Crippen LogP contribution in [0.15, 0.2) is 24.3 Å². The van der Waals surface area contributed by atoms with Crippen molar-refractivity contribution in [3.63, 3.8) is 0 Å². The van der Waals surface area contributed by atoms with Gasteiger partial charge in [-0.15, -0.1) is 0 Å². The molecular weight excluding hydrogens is 221 g/mol. The van der Waals surface area contributed by atoms with Crippen LogP contribution in [0.2, 0.25) is 0 Å². The zero-order chi connectivity index (χ0) is 12.9. The molecular formula is C13H18FNO2. The summed E-state index contributed by atoms with van der Waals surface area (Å²) in [5, 5.41) is 12.2. The van der Waals surface area contributed by atoms with Crippen LogP contribution in [-0.4, -0.2) is 16.6 Å². The van der Waals surface area contributed by atoms with Crippen molar-refractivity contribution in [3.8, 4) is 0 Å². The highest BCUT2D eigenvalue weighted by atomic mass is 19.1. The molecule has 0 aliphatic rings. The summed E-state index contributed by atoms with van der Waals surface area (Å²) in [5.41, 5.74) is -0.177. The molecule has 0 radical (unpaired) electrons. The number of carboxylic acid groups (broad SMARTS) is 1. The van der Waals surface area contributed by atoms with Crippen LogP contribution >= 0.6 is 0 Å². The Morgan fingerprint density at radius 3 is 2.53 bits per heavy atom. The molecule has 17 heavy (non-hydrogen) atoms. The first kappa shape index (κ1) is 13.6. The summed E-state index contributed by atoms with van der Waals surface area (Å²) in [6, 6.07) is 6.17. The fourth-order valence-corrected chi connectivity index (χ4v) is 1.80. The predicted octanol–water partition coefficient (Wildman–Crippen LogP) is 2.56. The van der Waals surface area contributed by atoms with Crippen LogP contribution in [0, 0.1) is 5.82 Å². The van der Waals surface area contributed by atoms with Gasteiger partial charge in [0.25, 0.3) is 0 Å². The first-order chi connectivity index (χ1) is 8.04. The van der Waals surface area contributed by atoms with Gasteiger partial charge in [-0.2, -0.15) is 0 Å². The van der Waals surface area contributed by atoms with Gasteiger partial charge in [-0.25, -0.2) is 4.39 Å². The van der Waals surface area contributed by atoms with Crippen molar-refractivity contribution in [1.29, 1.82) is 0 Å². The van der Waals surface area contributed by atoms with E-state index in [0.29, 0.717) is 19.4 Å². The summed E-state index contributed by atoms with van der Waals surface area (Å²) in [6.45, 7) is 4.01. The molecule has 0 unspecified atom stereocenters. The molecule has 0 amide bonds. The first-order valence-electron chi connectivity index (χ1n) is 5.77. The number of carboxylic acids is 1. The summed E-state index contributed by atoms with van der Waals surface area (Å²) < 4.78 is 13.0. The van der Waals surface area contributed by atoms with E-state index in [0.717, 1.165) is 5.56 Å². The molecule has 4 heteroatoms. The van der Waals surface area contributed by atoms with Crippen LogP contribution in [0.4, 0.5) is 4.39 Å². The lowest BCUT2D eigenvalue weighted by Gasteiger charge is -2.28. The van der Waals surface area contributed by atoms with Gasteiger partial charge < -0.3 is 5.11 Å². The van der Waals surface area contributed by atoms with Gasteiger partial charge in [-0.1, -0.05) is 26.0 Å². The molecule has 94 valence electrons. The third-order valence-corrected chi connectivity index (χ3v) is 3.14. The van der Waals surface area contributed by atoms with E-state index in [1.807, 2.05) is 13.8 Å². The van der Waals surface area contributed by atoms with Crippen molar-refractivity contribution in [3.05, 3.63) is 35.6 Å². The first-order valence-corrected chi connectivity index (χ1v) is 5.77. The van der Waals surface area contributed by atoms with Gasteiger partial charge in [-0.05, 0) is 30.5 Å². The number of benzene rings is 1. The molecule has 0 atom stereocenters. The summed E-state index contributed by atoms with van der Waals surface area (Å²) in [6.07, 6.45) is 0.988. The maximum Gasteiger partial charge on any atom is 0.323 e. The maximum absolute atomic E-state index is 13.0. The molecule has 0 bridgehead atoms. The quantitative estimate of drug-likeness (QED) is 0.802. The SMILES string of the molecule is CCC(CC)(NCc1cccc(F)c1)C(=O)O. The van der Waals surface area contributed by atoms with Crippen molar-refractivity contribution in [2.45, 2.75) is 38.8 Å². The molecule has 0 aliphatic carbocycles. The van der Waals surface area contributed by atoms with Crippen molar-refractivity contribution in [2.75, 3.05) is 0 Å². The van der Waals surface area contributed by atoms with Crippen LogP contribution in [0.5, 0.6) is 0 Å². The van der Waals surface area contributed by atoms with Gasteiger partial charge in [0.1, 0.15) is 11.4 Å². The Labute approximate surface area is 101 Å². The molecule has 0 fully saturated rings. The molecule has 1 aromatic rings. The van der Waals surface area contributed by atoms with Gasteiger partial charge in [0.2, 0.25) is 0 Å². The smallest absolute Gasteiger partial charge is 0.323 e. The van der Waals surface area contributed by atoms with E-state index in [-0.39, 0.29) is 5.82 Å². The van der Waals surface area contributed by atoms with Crippen LogP contribution in [-0.2, 0) is 11.3 Å². The largest absolute Gasteiger partial charge is 0.480 e. The Bertz CT molecular complexity index is 389. The molecule has 0 heterocycles. The number of nitrogens with one attached hydrogen (secondary N) is 1. The monoisotopic (exact) mass is 239 g/mol. The van der Waals surface area contributed by atoms with Gasteiger partial charge in [0.05, 0.1) is 0 Å². The minimum Gasteiger partial charge on any atom is -0.480 e. The van der Waals surface area contributed by atoms with Crippen LogP contribution < -0.4 is 5.32 Å². The zero-order valence-electron chi connectivity index (χ0n) is 10.2. The average molecular weight is 239 g/mol. The average Bonchev–Trinajstić information content (AvgIpc) is 2.31. The van der Waals surface area contributed by atoms with Crippen LogP contribution in [0.25, 0.3) is 0 Å². The Morgan fingerprint density at radius 2 is 2.06 bits per heavy atom. The minimum absolute atomic E-state index is 0.307. The van der Waals surface area contributed by atoms with E-state index >= 15 is 0 Å². The molecule has 1 rings (SSSR count). The molecule has 0 saturated heterocycles. The summed E-state index contributed by atoms with van der Waals surface area (Å²) >= 11 is 0. The maximum atomic E-state index is 13.0. The van der Waals surface area contributed by atoms with E-state index in [9.17, 15) is 14.3 Å². The third kappa shape index (κ3) is 3.27. The number of carbonyl (C=O) groups is 1. The summed E-state index contributed by atoms with van der Waals surface area (Å²) in [7, 11) is 0. The second-order valence-electron chi connectivity index (χ2n) is 4.08. The van der Waals surface area contributed by atoms with Crippen LogP contribution in [0.3, 0.4) is 0 Å². The van der Waals surface area contributed by atoms with Crippen LogP contribution in [0.1, 0.15) is 32.3 Å². The second kappa shape index (κ2) is 5.77. The van der Waals surface area contributed by atoms with Crippen molar-refractivity contribution >= 4 is 5.97 Å². The van der Waals surface area contributed by atoms with Gasteiger partial charge >= 0.3 is 5.97 Å². The molecule has 1 aromatic carbocycles. The Hall–Kier alpha value is -1.42. The third-order valence-electron chi connectivity index (χ3n) is 3.14. The second-order valence-corrected chi connectivity index (χ2v) is 4.08. The highest BCUT2D eigenvalue weighted by molar-refractivity contribution is 5.78. The highest BCUT2D eigenvalue weighted by Gasteiger charge is 2.33. The standard InChI is InChI=1S/C13H18FNO2/c1-3-13(4-2,12(16)17)15-9-10-6-5-7-11(14)8-10/h5-8,15H,3-4,9H2,1-2H3,(H,16,17). The highest BCUT2D eigenvalue weighted by Crippen LogP contribution is 2.16. The molecule has 2 N–H and O–H groups in total. The Kier molecular flexibility index (Phi) is 4.63. The topological polar surface area (TPSA) is 49.3 Å². The van der Waals surface area contributed by atoms with Gasteiger partial charge in [-0.3, -0.25) is 10.1 Å². The van der Waals surface area contributed by atoms with Gasteiger partial charge in [0, 0.05) is 6.54 Å². The number of hydrogen-bond donors (Lipinski definition) is 2. The van der Waals surface area contributed by atoms with Crippen molar-refractivity contribution in [2.24, 2.45) is 0 Å². The molecule has 3 nitrogen and oxygen atoms in total. The lowest BCUT2D eigenvalue weighted by Crippen LogP contribution is -2.50. The van der Waals surface area contributed by atoms with E-state index in [1.54, 1.807) is 12.1 Å². The summed E-state index contributed by atoms with van der Waals surface area (Å²) in [5.74, 6) is -1.17. The zero-order valence-corrected chi connectivity index (χ0v) is 10.2. The summed E-state index contributed by atoms with van der Waals surface area (Å²) in [4.78, 5) is 11.2. The van der Waals surface area contributed by atoms with E-state index in [2.05, 4.69) is 5.32 Å². The van der Waals surface area contributed by atoms with E-state index < -0.39 is 11.5 Å². The lowest BCUT2D eigenvalue weighted by molar-refractivity contribution is -0.145. The molecule has 0 aromatic heterocycles. The normalized spacial score (nSPS) is 11.5. The molecule has 0 aliphatic heterocycles. The van der Waals surface area contributed by atoms with E-state index in [4.69, 9.17) is 0 Å². The van der Waals surface area contributed by atoms with Crippen molar-refractivity contribution in [1.82, 2.24) is 5.32 Å². The lowest BCUT2D eigenvalue weighted by atomic mass is 9.92. The fourth-order valence-electron chi connectivity index (χ4n) is 1.80.